The van der Waals surface area contributed by atoms with E-state index in [1.165, 1.54) is 45.4 Å². The predicted octanol–water partition coefficient (Wildman–Crippen LogP) is 2.06. The van der Waals surface area contributed by atoms with E-state index in [9.17, 15) is 0 Å². The molecule has 2 saturated heterocycles. The fourth-order valence-corrected chi connectivity index (χ4v) is 3.41. The highest BCUT2D eigenvalue weighted by molar-refractivity contribution is 5.07. The Morgan fingerprint density at radius 3 is 3.05 bits per heavy atom. The summed E-state index contributed by atoms with van der Waals surface area (Å²) in [5.74, 6) is 2.18. The van der Waals surface area contributed by atoms with Crippen LogP contribution in [0.5, 0.6) is 0 Å². The molecular formula is C16H27N3O. The van der Waals surface area contributed by atoms with E-state index in [2.05, 4.69) is 34.2 Å². The lowest BCUT2D eigenvalue weighted by molar-refractivity contribution is 0.0937. The molecule has 0 saturated carbocycles. The van der Waals surface area contributed by atoms with Gasteiger partial charge in [0.2, 0.25) is 0 Å². The SMILES string of the molecule is CCCNCc1ccc(CN2CCN3CCCC3C2)o1. The lowest BCUT2D eigenvalue weighted by Crippen LogP contribution is -2.49. The molecule has 20 heavy (non-hydrogen) atoms. The summed E-state index contributed by atoms with van der Waals surface area (Å²) in [7, 11) is 0. The van der Waals surface area contributed by atoms with Crippen LogP contribution < -0.4 is 5.32 Å². The van der Waals surface area contributed by atoms with Crippen molar-refractivity contribution in [3.8, 4) is 0 Å². The number of piperazine rings is 1. The number of hydrogen-bond donors (Lipinski definition) is 1. The topological polar surface area (TPSA) is 31.6 Å². The molecule has 3 heterocycles. The van der Waals surface area contributed by atoms with Crippen molar-refractivity contribution in [3.05, 3.63) is 23.7 Å². The van der Waals surface area contributed by atoms with E-state index in [-0.39, 0.29) is 0 Å². The zero-order valence-electron chi connectivity index (χ0n) is 12.6. The smallest absolute Gasteiger partial charge is 0.118 e. The summed E-state index contributed by atoms with van der Waals surface area (Å²) < 4.78 is 5.93. The molecule has 1 atom stereocenters. The summed E-state index contributed by atoms with van der Waals surface area (Å²) in [6.07, 6.45) is 3.92. The van der Waals surface area contributed by atoms with Crippen molar-refractivity contribution in [2.45, 2.75) is 45.3 Å². The van der Waals surface area contributed by atoms with Gasteiger partial charge in [0.05, 0.1) is 13.1 Å². The van der Waals surface area contributed by atoms with Gasteiger partial charge in [-0.15, -0.1) is 0 Å². The normalized spacial score (nSPS) is 24.1. The largest absolute Gasteiger partial charge is 0.463 e. The van der Waals surface area contributed by atoms with Crippen molar-refractivity contribution in [2.75, 3.05) is 32.7 Å². The molecule has 2 fully saturated rings. The van der Waals surface area contributed by atoms with Crippen molar-refractivity contribution in [2.24, 2.45) is 0 Å². The van der Waals surface area contributed by atoms with Crippen LogP contribution in [0.2, 0.25) is 0 Å². The van der Waals surface area contributed by atoms with Crippen LogP contribution in [0.1, 0.15) is 37.7 Å². The maximum absolute atomic E-state index is 5.93. The second-order valence-electron chi connectivity index (χ2n) is 6.11. The summed E-state index contributed by atoms with van der Waals surface area (Å²) >= 11 is 0. The molecule has 1 aromatic heterocycles. The molecule has 1 unspecified atom stereocenters. The van der Waals surface area contributed by atoms with E-state index >= 15 is 0 Å². The molecule has 1 N–H and O–H groups in total. The maximum Gasteiger partial charge on any atom is 0.118 e. The summed E-state index contributed by atoms with van der Waals surface area (Å²) in [5.41, 5.74) is 0. The van der Waals surface area contributed by atoms with Gasteiger partial charge in [-0.05, 0) is 44.5 Å². The Morgan fingerprint density at radius 2 is 2.15 bits per heavy atom. The summed E-state index contributed by atoms with van der Waals surface area (Å²) in [6.45, 7) is 10.00. The third-order valence-electron chi connectivity index (χ3n) is 4.49. The minimum absolute atomic E-state index is 0.796. The number of nitrogens with zero attached hydrogens (tertiary/aromatic N) is 2. The van der Waals surface area contributed by atoms with Gasteiger partial charge < -0.3 is 9.73 Å². The average molecular weight is 277 g/mol. The first kappa shape index (κ1) is 14.1. The molecule has 0 aromatic carbocycles. The van der Waals surface area contributed by atoms with Gasteiger partial charge >= 0.3 is 0 Å². The van der Waals surface area contributed by atoms with E-state index in [1.807, 2.05) is 0 Å². The Bertz CT molecular complexity index is 418. The van der Waals surface area contributed by atoms with Crippen molar-refractivity contribution in [3.63, 3.8) is 0 Å². The Labute approximate surface area is 122 Å². The van der Waals surface area contributed by atoms with E-state index in [1.54, 1.807) is 0 Å². The third-order valence-corrected chi connectivity index (χ3v) is 4.49. The second-order valence-corrected chi connectivity index (χ2v) is 6.11. The summed E-state index contributed by atoms with van der Waals surface area (Å²) in [4.78, 5) is 5.20. The molecule has 0 aliphatic carbocycles. The maximum atomic E-state index is 5.93. The molecule has 0 radical (unpaired) electrons. The Morgan fingerprint density at radius 1 is 1.25 bits per heavy atom. The first-order valence-electron chi connectivity index (χ1n) is 8.10. The van der Waals surface area contributed by atoms with E-state index in [0.29, 0.717) is 0 Å². The van der Waals surface area contributed by atoms with Gasteiger partial charge in [-0.25, -0.2) is 0 Å². The van der Waals surface area contributed by atoms with Gasteiger partial charge in [-0.3, -0.25) is 9.80 Å². The first-order valence-corrected chi connectivity index (χ1v) is 8.10. The third kappa shape index (κ3) is 3.43. The number of nitrogens with one attached hydrogen (secondary N) is 1. The highest BCUT2D eigenvalue weighted by Crippen LogP contribution is 2.22. The van der Waals surface area contributed by atoms with Crippen LogP contribution in [0.4, 0.5) is 0 Å². The number of rotatable bonds is 6. The van der Waals surface area contributed by atoms with Crippen molar-refractivity contribution in [1.82, 2.24) is 15.1 Å². The number of fused-ring (bicyclic) bond motifs is 1. The molecular weight excluding hydrogens is 250 g/mol. The fourth-order valence-electron chi connectivity index (χ4n) is 3.41. The first-order chi connectivity index (χ1) is 9.85. The monoisotopic (exact) mass is 277 g/mol. The van der Waals surface area contributed by atoms with Crippen LogP contribution in [-0.2, 0) is 13.1 Å². The minimum Gasteiger partial charge on any atom is -0.463 e. The Balaban J connectivity index is 1.48. The standard InChI is InChI=1S/C16H27N3O/c1-2-7-17-11-15-5-6-16(20-15)13-18-9-10-19-8-3-4-14(19)12-18/h5-6,14,17H,2-4,7-13H2,1H3. The molecule has 1 aromatic rings. The number of furan rings is 1. The lowest BCUT2D eigenvalue weighted by Gasteiger charge is -2.37. The van der Waals surface area contributed by atoms with Crippen molar-refractivity contribution < 1.29 is 4.42 Å². The van der Waals surface area contributed by atoms with Crippen LogP contribution in [0.25, 0.3) is 0 Å². The molecule has 2 aliphatic heterocycles. The lowest BCUT2D eigenvalue weighted by atomic mass is 10.1. The molecule has 0 bridgehead atoms. The van der Waals surface area contributed by atoms with E-state index in [4.69, 9.17) is 4.42 Å². The molecule has 3 rings (SSSR count). The highest BCUT2D eigenvalue weighted by Gasteiger charge is 2.30. The van der Waals surface area contributed by atoms with Gasteiger partial charge in [-0.2, -0.15) is 0 Å². The van der Waals surface area contributed by atoms with Gasteiger partial charge in [0.15, 0.2) is 0 Å². The van der Waals surface area contributed by atoms with Gasteiger partial charge in [0.1, 0.15) is 11.5 Å². The van der Waals surface area contributed by atoms with E-state index < -0.39 is 0 Å². The Hall–Kier alpha value is -0.840. The van der Waals surface area contributed by atoms with Crippen molar-refractivity contribution in [1.29, 1.82) is 0 Å². The van der Waals surface area contributed by atoms with Crippen LogP contribution in [0.15, 0.2) is 16.5 Å². The molecule has 4 nitrogen and oxygen atoms in total. The van der Waals surface area contributed by atoms with Gasteiger partial charge in [0.25, 0.3) is 0 Å². The zero-order chi connectivity index (χ0) is 13.8. The average Bonchev–Trinajstić information content (AvgIpc) is 3.08. The predicted molar refractivity (Wildman–Crippen MR) is 80.6 cm³/mol. The molecule has 112 valence electrons. The summed E-state index contributed by atoms with van der Waals surface area (Å²) in [6, 6.07) is 5.05. The molecule has 0 amide bonds. The highest BCUT2D eigenvalue weighted by atomic mass is 16.3. The summed E-state index contributed by atoms with van der Waals surface area (Å²) in [5, 5.41) is 3.38. The van der Waals surface area contributed by atoms with Gasteiger partial charge in [-0.1, -0.05) is 6.92 Å². The number of hydrogen-bond acceptors (Lipinski definition) is 4. The molecule has 2 aliphatic rings. The molecule has 0 spiro atoms. The van der Waals surface area contributed by atoms with Crippen LogP contribution in [0, 0.1) is 0 Å². The zero-order valence-corrected chi connectivity index (χ0v) is 12.6. The van der Waals surface area contributed by atoms with Gasteiger partial charge in [0, 0.05) is 25.7 Å². The Kier molecular flexibility index (Phi) is 4.76. The van der Waals surface area contributed by atoms with Crippen LogP contribution >= 0.6 is 0 Å². The van der Waals surface area contributed by atoms with E-state index in [0.717, 1.165) is 37.2 Å². The molecule has 4 heteroatoms. The second kappa shape index (κ2) is 6.74. The van der Waals surface area contributed by atoms with Crippen LogP contribution in [-0.4, -0.2) is 48.6 Å². The minimum atomic E-state index is 0.796. The quantitative estimate of drug-likeness (QED) is 0.807. The fraction of sp³-hybridized carbons (Fsp3) is 0.750. The van der Waals surface area contributed by atoms with Crippen molar-refractivity contribution >= 4 is 0 Å². The van der Waals surface area contributed by atoms with Crippen LogP contribution in [0.3, 0.4) is 0 Å².